The zero-order valence-electron chi connectivity index (χ0n) is 8.03. The molecule has 0 saturated heterocycles. The molecule has 0 fully saturated rings. The number of fused-ring (bicyclic) bond motifs is 1. The summed E-state index contributed by atoms with van der Waals surface area (Å²) in [7, 11) is 0. The van der Waals surface area contributed by atoms with Crippen LogP contribution in [0.4, 0.5) is 13.2 Å². The molecule has 0 aliphatic heterocycles. The van der Waals surface area contributed by atoms with Crippen LogP contribution in [0, 0.1) is 0 Å². The fourth-order valence-electron chi connectivity index (χ4n) is 1.25. The van der Waals surface area contributed by atoms with Gasteiger partial charge in [-0.1, -0.05) is 0 Å². The number of rotatable bonds is 1. The third-order valence-corrected chi connectivity index (χ3v) is 2.17. The number of carbonyl (C=O) groups is 1. The Bertz CT molecular complexity index is 565. The fourth-order valence-corrected chi connectivity index (χ4v) is 1.35. The SMILES string of the molecule is Cl.O=C(Cl)c1cn2cc(C(F)(F)F)ccc2n1. The maximum Gasteiger partial charge on any atom is 0.417 e. The van der Waals surface area contributed by atoms with Crippen LogP contribution >= 0.6 is 24.0 Å². The number of aromatic nitrogens is 2. The maximum absolute atomic E-state index is 12.4. The number of imidazole rings is 1. The van der Waals surface area contributed by atoms with Crippen LogP contribution in [0.15, 0.2) is 24.5 Å². The summed E-state index contributed by atoms with van der Waals surface area (Å²) in [5, 5.41) is -0.808. The molecule has 0 amide bonds. The van der Waals surface area contributed by atoms with E-state index in [-0.39, 0.29) is 23.7 Å². The fraction of sp³-hybridized carbons (Fsp3) is 0.111. The van der Waals surface area contributed by atoms with E-state index in [1.807, 2.05) is 0 Å². The van der Waals surface area contributed by atoms with E-state index in [1.54, 1.807) is 0 Å². The number of pyridine rings is 1. The predicted octanol–water partition coefficient (Wildman–Crippen LogP) is 3.15. The van der Waals surface area contributed by atoms with E-state index in [9.17, 15) is 18.0 Å². The van der Waals surface area contributed by atoms with Crippen LogP contribution in [-0.4, -0.2) is 14.6 Å². The largest absolute Gasteiger partial charge is 0.417 e. The molecule has 17 heavy (non-hydrogen) atoms. The van der Waals surface area contributed by atoms with Crippen LogP contribution in [0.5, 0.6) is 0 Å². The lowest BCUT2D eigenvalue weighted by Gasteiger charge is -2.05. The Morgan fingerprint density at radius 1 is 1.29 bits per heavy atom. The summed E-state index contributed by atoms with van der Waals surface area (Å²) in [6.07, 6.45) is -2.42. The molecule has 8 heteroatoms. The van der Waals surface area contributed by atoms with Crippen molar-refractivity contribution in [1.82, 2.24) is 9.38 Å². The van der Waals surface area contributed by atoms with E-state index in [0.29, 0.717) is 0 Å². The highest BCUT2D eigenvalue weighted by molar-refractivity contribution is 6.67. The molecular formula is C9H5Cl2F3N2O. The molecule has 0 aliphatic carbocycles. The number of carbonyl (C=O) groups excluding carboxylic acids is 1. The van der Waals surface area contributed by atoms with E-state index >= 15 is 0 Å². The second-order valence-corrected chi connectivity index (χ2v) is 3.42. The average Bonchev–Trinajstić information content (AvgIpc) is 2.58. The summed E-state index contributed by atoms with van der Waals surface area (Å²) in [5.41, 5.74) is -0.663. The van der Waals surface area contributed by atoms with Crippen molar-refractivity contribution in [2.75, 3.05) is 0 Å². The highest BCUT2D eigenvalue weighted by atomic mass is 35.5. The van der Waals surface area contributed by atoms with Gasteiger partial charge in [0, 0.05) is 12.4 Å². The highest BCUT2D eigenvalue weighted by Gasteiger charge is 2.30. The second kappa shape index (κ2) is 4.54. The first-order chi connectivity index (χ1) is 7.38. The molecular weight excluding hydrogens is 280 g/mol. The summed E-state index contributed by atoms with van der Waals surface area (Å²) < 4.78 is 38.2. The number of hydrogen-bond donors (Lipinski definition) is 0. The van der Waals surface area contributed by atoms with Crippen LogP contribution in [0.25, 0.3) is 5.65 Å². The van der Waals surface area contributed by atoms with E-state index in [0.717, 1.165) is 22.9 Å². The zero-order valence-corrected chi connectivity index (χ0v) is 9.60. The van der Waals surface area contributed by atoms with Gasteiger partial charge in [0.05, 0.1) is 5.56 Å². The van der Waals surface area contributed by atoms with Gasteiger partial charge in [0.2, 0.25) is 0 Å². The lowest BCUT2D eigenvalue weighted by atomic mass is 10.3. The summed E-state index contributed by atoms with van der Waals surface area (Å²) in [6.45, 7) is 0. The number of halogens is 5. The lowest BCUT2D eigenvalue weighted by molar-refractivity contribution is -0.137. The number of hydrogen-bond acceptors (Lipinski definition) is 2. The molecule has 0 N–H and O–H groups in total. The molecule has 0 atom stereocenters. The highest BCUT2D eigenvalue weighted by Crippen LogP contribution is 2.29. The zero-order chi connectivity index (χ0) is 11.9. The molecule has 0 saturated carbocycles. The van der Waals surface area contributed by atoms with Gasteiger partial charge in [-0.15, -0.1) is 12.4 Å². The van der Waals surface area contributed by atoms with Crippen LogP contribution in [-0.2, 0) is 6.18 Å². The molecule has 2 rings (SSSR count). The van der Waals surface area contributed by atoms with Gasteiger partial charge in [0.1, 0.15) is 11.3 Å². The first-order valence-electron chi connectivity index (χ1n) is 4.14. The van der Waals surface area contributed by atoms with Crippen LogP contribution in [0.2, 0.25) is 0 Å². The number of alkyl halides is 3. The molecule has 2 aromatic rings. The Morgan fingerprint density at radius 2 is 1.94 bits per heavy atom. The van der Waals surface area contributed by atoms with Gasteiger partial charge < -0.3 is 4.40 Å². The molecule has 92 valence electrons. The van der Waals surface area contributed by atoms with Crippen molar-refractivity contribution in [3.05, 3.63) is 35.8 Å². The van der Waals surface area contributed by atoms with E-state index in [2.05, 4.69) is 4.98 Å². The summed E-state index contributed by atoms with van der Waals surface area (Å²) in [6, 6.07) is 2.07. The third-order valence-electron chi connectivity index (χ3n) is 1.98. The van der Waals surface area contributed by atoms with E-state index < -0.39 is 17.0 Å². The predicted molar refractivity (Wildman–Crippen MR) is 57.6 cm³/mol. The van der Waals surface area contributed by atoms with Gasteiger partial charge in [-0.05, 0) is 23.7 Å². The quantitative estimate of drug-likeness (QED) is 0.754. The van der Waals surface area contributed by atoms with Crippen LogP contribution in [0.3, 0.4) is 0 Å². The topological polar surface area (TPSA) is 34.4 Å². The van der Waals surface area contributed by atoms with Crippen molar-refractivity contribution in [1.29, 1.82) is 0 Å². The molecule has 0 spiro atoms. The normalized spacial score (nSPS) is 11.3. The minimum absolute atomic E-state index is 0. The molecule has 0 radical (unpaired) electrons. The van der Waals surface area contributed by atoms with E-state index in [4.69, 9.17) is 11.6 Å². The van der Waals surface area contributed by atoms with Crippen LogP contribution < -0.4 is 0 Å². The Labute approximate surface area is 105 Å². The Morgan fingerprint density at radius 3 is 2.47 bits per heavy atom. The molecule has 0 aromatic carbocycles. The molecule has 0 aliphatic rings. The molecule has 0 unspecified atom stereocenters. The molecule has 2 heterocycles. The monoisotopic (exact) mass is 284 g/mol. The lowest BCUT2D eigenvalue weighted by Crippen LogP contribution is -2.05. The van der Waals surface area contributed by atoms with Crippen molar-refractivity contribution in [3.63, 3.8) is 0 Å². The van der Waals surface area contributed by atoms with Gasteiger partial charge in [-0.3, -0.25) is 4.79 Å². The van der Waals surface area contributed by atoms with Crippen molar-refractivity contribution >= 4 is 34.9 Å². The summed E-state index contributed by atoms with van der Waals surface area (Å²) in [4.78, 5) is 14.5. The molecule has 2 aromatic heterocycles. The Kier molecular flexibility index (Phi) is 3.68. The smallest absolute Gasteiger partial charge is 0.306 e. The van der Waals surface area contributed by atoms with Crippen molar-refractivity contribution in [2.24, 2.45) is 0 Å². The average molecular weight is 285 g/mol. The minimum Gasteiger partial charge on any atom is -0.306 e. The van der Waals surface area contributed by atoms with Crippen molar-refractivity contribution < 1.29 is 18.0 Å². The van der Waals surface area contributed by atoms with Crippen molar-refractivity contribution in [2.45, 2.75) is 6.18 Å². The van der Waals surface area contributed by atoms with E-state index in [1.165, 1.54) is 6.07 Å². The Hall–Kier alpha value is -1.27. The second-order valence-electron chi connectivity index (χ2n) is 3.08. The maximum atomic E-state index is 12.4. The van der Waals surface area contributed by atoms with Crippen LogP contribution in [0.1, 0.15) is 16.1 Å². The van der Waals surface area contributed by atoms with Crippen molar-refractivity contribution in [3.8, 4) is 0 Å². The van der Waals surface area contributed by atoms with Gasteiger partial charge in [0.25, 0.3) is 5.24 Å². The van der Waals surface area contributed by atoms with Gasteiger partial charge in [0.15, 0.2) is 0 Å². The first kappa shape index (κ1) is 13.8. The van der Waals surface area contributed by atoms with Gasteiger partial charge >= 0.3 is 6.18 Å². The first-order valence-corrected chi connectivity index (χ1v) is 4.51. The molecule has 3 nitrogen and oxygen atoms in total. The van der Waals surface area contributed by atoms with Gasteiger partial charge in [-0.2, -0.15) is 13.2 Å². The third kappa shape index (κ3) is 2.70. The minimum atomic E-state index is -4.43. The summed E-state index contributed by atoms with van der Waals surface area (Å²) in [5.74, 6) is 0. The summed E-state index contributed by atoms with van der Waals surface area (Å²) >= 11 is 5.17. The molecule has 0 bridgehead atoms. The van der Waals surface area contributed by atoms with Gasteiger partial charge in [-0.25, -0.2) is 4.98 Å². The Balaban J connectivity index is 0.00000144. The number of nitrogens with zero attached hydrogens (tertiary/aromatic N) is 2. The standard InChI is InChI=1S/C9H4ClF3N2O.ClH/c10-8(16)6-4-15-3-5(9(11,12)13)1-2-7(15)14-6;/h1-4H;1H.